The van der Waals surface area contributed by atoms with Crippen LogP contribution in [0.2, 0.25) is 5.02 Å². The van der Waals surface area contributed by atoms with Crippen molar-refractivity contribution in [2.45, 2.75) is 6.18 Å². The van der Waals surface area contributed by atoms with Gasteiger partial charge < -0.3 is 9.80 Å². The van der Waals surface area contributed by atoms with Crippen LogP contribution in [0, 0.1) is 0 Å². The molecule has 3 heterocycles. The van der Waals surface area contributed by atoms with Crippen LogP contribution in [0.15, 0.2) is 60.0 Å². The fraction of sp³-hybridized carbons (Fsp3) is 0.208. The SMILES string of the molecule is O=C(c1ccc(C(F)(F)F)cc1)N1CCN(c2nc(-c3cccs3)nc3cc(Cl)ccc23)CC1. The van der Waals surface area contributed by atoms with Gasteiger partial charge in [0, 0.05) is 42.2 Å². The lowest BCUT2D eigenvalue weighted by Gasteiger charge is -2.36. The first kappa shape index (κ1) is 22.6. The summed E-state index contributed by atoms with van der Waals surface area (Å²) in [5.41, 5.74) is 0.207. The summed E-state index contributed by atoms with van der Waals surface area (Å²) in [6, 6.07) is 13.7. The van der Waals surface area contributed by atoms with Crippen LogP contribution in [0.5, 0.6) is 0 Å². The highest BCUT2D eigenvalue weighted by Gasteiger charge is 2.31. The van der Waals surface area contributed by atoms with Gasteiger partial charge in [0.15, 0.2) is 5.82 Å². The number of aromatic nitrogens is 2. The molecule has 174 valence electrons. The molecule has 5 rings (SSSR count). The summed E-state index contributed by atoms with van der Waals surface area (Å²) in [5, 5.41) is 3.42. The van der Waals surface area contributed by atoms with Crippen LogP contribution in [0.1, 0.15) is 15.9 Å². The monoisotopic (exact) mass is 502 g/mol. The van der Waals surface area contributed by atoms with E-state index in [1.54, 1.807) is 22.3 Å². The molecular weight excluding hydrogens is 485 g/mol. The van der Waals surface area contributed by atoms with Crippen LogP contribution in [0.4, 0.5) is 19.0 Å². The first-order chi connectivity index (χ1) is 16.3. The third kappa shape index (κ3) is 4.45. The largest absolute Gasteiger partial charge is 0.416 e. The van der Waals surface area contributed by atoms with Crippen LogP contribution in [0.3, 0.4) is 0 Å². The maximum absolute atomic E-state index is 12.9. The van der Waals surface area contributed by atoms with Crippen molar-refractivity contribution in [2.75, 3.05) is 31.1 Å². The molecule has 0 bridgehead atoms. The van der Waals surface area contributed by atoms with Crippen molar-refractivity contribution in [3.63, 3.8) is 0 Å². The summed E-state index contributed by atoms with van der Waals surface area (Å²) in [7, 11) is 0. The molecule has 0 unspecified atom stereocenters. The fourth-order valence-electron chi connectivity index (χ4n) is 3.95. The van der Waals surface area contributed by atoms with E-state index >= 15 is 0 Å². The zero-order valence-electron chi connectivity index (χ0n) is 17.7. The molecule has 0 atom stereocenters. The number of halogens is 4. The van der Waals surface area contributed by atoms with Gasteiger partial charge in [0.05, 0.1) is 16.0 Å². The summed E-state index contributed by atoms with van der Waals surface area (Å²) >= 11 is 7.75. The van der Waals surface area contributed by atoms with E-state index in [0.29, 0.717) is 37.0 Å². The molecule has 1 fully saturated rings. The Morgan fingerprint density at radius 1 is 0.971 bits per heavy atom. The minimum absolute atomic E-state index is 0.239. The molecule has 2 aromatic heterocycles. The molecule has 0 spiro atoms. The zero-order valence-corrected chi connectivity index (χ0v) is 19.3. The Morgan fingerprint density at radius 3 is 2.35 bits per heavy atom. The summed E-state index contributed by atoms with van der Waals surface area (Å²) in [5.74, 6) is 1.10. The van der Waals surface area contributed by atoms with Gasteiger partial charge in [-0.25, -0.2) is 9.97 Å². The Hall–Kier alpha value is -3.17. The molecule has 1 aliphatic rings. The Balaban J connectivity index is 1.37. The standard InChI is InChI=1S/C24H18ClF3N4OS/c25-17-7-8-18-19(14-17)29-21(20-2-1-13-34-20)30-22(18)31-9-11-32(12-10-31)23(33)15-3-5-16(6-4-15)24(26,27)28/h1-8,13-14H,9-12H2. The van der Waals surface area contributed by atoms with Gasteiger partial charge in [-0.3, -0.25) is 4.79 Å². The van der Waals surface area contributed by atoms with Crippen molar-refractivity contribution in [1.82, 2.24) is 14.9 Å². The van der Waals surface area contributed by atoms with Crippen LogP contribution < -0.4 is 4.90 Å². The van der Waals surface area contributed by atoms with Crippen molar-refractivity contribution in [2.24, 2.45) is 0 Å². The molecule has 34 heavy (non-hydrogen) atoms. The van der Waals surface area contributed by atoms with Gasteiger partial charge in [-0.15, -0.1) is 11.3 Å². The number of piperazine rings is 1. The Bertz CT molecular complexity index is 1340. The number of rotatable bonds is 3. The van der Waals surface area contributed by atoms with Crippen LogP contribution in [-0.2, 0) is 6.18 Å². The smallest absolute Gasteiger partial charge is 0.352 e. The van der Waals surface area contributed by atoms with Gasteiger partial charge in [0.1, 0.15) is 5.82 Å². The Kier molecular flexibility index (Phi) is 5.91. The van der Waals surface area contributed by atoms with Crippen molar-refractivity contribution in [1.29, 1.82) is 0 Å². The normalized spacial score (nSPS) is 14.6. The fourth-order valence-corrected chi connectivity index (χ4v) is 4.77. The lowest BCUT2D eigenvalue weighted by molar-refractivity contribution is -0.137. The number of benzene rings is 2. The minimum Gasteiger partial charge on any atom is -0.352 e. The molecule has 0 saturated carbocycles. The van der Waals surface area contributed by atoms with E-state index in [1.807, 2.05) is 29.6 Å². The molecular formula is C24H18ClF3N4OS. The second-order valence-corrected chi connectivity index (χ2v) is 9.25. The number of hydrogen-bond acceptors (Lipinski definition) is 5. The lowest BCUT2D eigenvalue weighted by atomic mass is 10.1. The average molecular weight is 503 g/mol. The van der Waals surface area contributed by atoms with E-state index in [2.05, 4.69) is 9.88 Å². The molecule has 0 radical (unpaired) electrons. The van der Waals surface area contributed by atoms with Crippen LogP contribution in [-0.4, -0.2) is 47.0 Å². The number of carbonyl (C=O) groups is 1. The number of anilines is 1. The number of fused-ring (bicyclic) bond motifs is 1. The summed E-state index contributed by atoms with van der Waals surface area (Å²) < 4.78 is 38.4. The first-order valence-electron chi connectivity index (χ1n) is 10.5. The second kappa shape index (κ2) is 8.88. The second-order valence-electron chi connectivity index (χ2n) is 7.86. The molecule has 1 amide bonds. The maximum atomic E-state index is 12.9. The molecule has 1 aliphatic heterocycles. The molecule has 2 aromatic carbocycles. The van der Waals surface area contributed by atoms with E-state index in [9.17, 15) is 18.0 Å². The highest BCUT2D eigenvalue weighted by Crippen LogP contribution is 2.32. The van der Waals surface area contributed by atoms with Gasteiger partial charge in [0.25, 0.3) is 5.91 Å². The van der Waals surface area contributed by atoms with Crippen molar-refractivity contribution in [3.8, 4) is 10.7 Å². The van der Waals surface area contributed by atoms with E-state index in [1.165, 1.54) is 12.1 Å². The zero-order chi connectivity index (χ0) is 23.9. The maximum Gasteiger partial charge on any atom is 0.416 e. The highest BCUT2D eigenvalue weighted by molar-refractivity contribution is 7.13. The molecule has 5 nitrogen and oxygen atoms in total. The number of alkyl halides is 3. The van der Waals surface area contributed by atoms with Gasteiger partial charge >= 0.3 is 6.18 Å². The van der Waals surface area contributed by atoms with E-state index < -0.39 is 11.7 Å². The average Bonchev–Trinajstić information content (AvgIpc) is 3.37. The predicted octanol–water partition coefficient (Wildman–Crippen LogP) is 5.99. The Morgan fingerprint density at radius 2 is 1.71 bits per heavy atom. The van der Waals surface area contributed by atoms with Crippen molar-refractivity contribution in [3.05, 3.63) is 76.1 Å². The predicted molar refractivity (Wildman–Crippen MR) is 127 cm³/mol. The van der Waals surface area contributed by atoms with Crippen molar-refractivity contribution < 1.29 is 18.0 Å². The number of hydrogen-bond donors (Lipinski definition) is 0. The molecule has 4 aromatic rings. The third-order valence-corrected chi connectivity index (χ3v) is 6.81. The molecule has 1 saturated heterocycles. The first-order valence-corrected chi connectivity index (χ1v) is 11.8. The van der Waals surface area contributed by atoms with Gasteiger partial charge in [0.2, 0.25) is 0 Å². The highest BCUT2D eigenvalue weighted by atomic mass is 35.5. The van der Waals surface area contributed by atoms with E-state index in [4.69, 9.17) is 16.6 Å². The summed E-state index contributed by atoms with van der Waals surface area (Å²) in [6.07, 6.45) is -4.43. The minimum atomic E-state index is -4.43. The summed E-state index contributed by atoms with van der Waals surface area (Å²) in [4.78, 5) is 27.1. The van der Waals surface area contributed by atoms with Crippen LogP contribution in [0.25, 0.3) is 21.6 Å². The number of amides is 1. The molecule has 10 heteroatoms. The molecule has 0 N–H and O–H groups in total. The van der Waals surface area contributed by atoms with Gasteiger partial charge in [-0.05, 0) is 53.9 Å². The van der Waals surface area contributed by atoms with Crippen LogP contribution >= 0.6 is 22.9 Å². The number of nitrogens with zero attached hydrogens (tertiary/aromatic N) is 4. The topological polar surface area (TPSA) is 49.3 Å². The van der Waals surface area contributed by atoms with E-state index in [-0.39, 0.29) is 11.5 Å². The third-order valence-electron chi connectivity index (χ3n) is 5.71. The number of thiophene rings is 1. The number of carbonyl (C=O) groups excluding carboxylic acids is 1. The van der Waals surface area contributed by atoms with Gasteiger partial charge in [-0.1, -0.05) is 17.7 Å². The molecule has 0 aliphatic carbocycles. The quantitative estimate of drug-likeness (QED) is 0.345. The van der Waals surface area contributed by atoms with E-state index in [0.717, 1.165) is 33.7 Å². The van der Waals surface area contributed by atoms with Gasteiger partial charge in [-0.2, -0.15) is 13.2 Å². The lowest BCUT2D eigenvalue weighted by Crippen LogP contribution is -2.49. The Labute approximate surface area is 202 Å². The van der Waals surface area contributed by atoms with Crippen molar-refractivity contribution >= 4 is 45.6 Å². The summed E-state index contributed by atoms with van der Waals surface area (Å²) in [6.45, 7) is 1.91.